The Morgan fingerprint density at radius 1 is 0.953 bits per heavy atom. The Balaban J connectivity index is 1.61. The van der Waals surface area contributed by atoms with Crippen LogP contribution in [0.4, 0.5) is 5.69 Å². The number of nitrogens with one attached hydrogen (secondary N) is 1. The monoisotopic (exact) mass is 619 g/mol. The van der Waals surface area contributed by atoms with Crippen molar-refractivity contribution < 1.29 is 27.8 Å². The van der Waals surface area contributed by atoms with Crippen molar-refractivity contribution in [3.63, 3.8) is 0 Å². The van der Waals surface area contributed by atoms with Gasteiger partial charge in [0, 0.05) is 23.7 Å². The van der Waals surface area contributed by atoms with Gasteiger partial charge in [-0.05, 0) is 61.7 Å². The van der Waals surface area contributed by atoms with E-state index in [9.17, 15) is 13.2 Å². The summed E-state index contributed by atoms with van der Waals surface area (Å²) in [7, 11) is -2.47. The summed E-state index contributed by atoms with van der Waals surface area (Å²) in [4.78, 5) is 15.7. The van der Waals surface area contributed by atoms with Gasteiger partial charge in [-0.15, -0.1) is 0 Å². The molecule has 0 spiro atoms. The first-order valence-corrected chi connectivity index (χ1v) is 15.5. The fourth-order valence-electron chi connectivity index (χ4n) is 4.68. The fourth-order valence-corrected chi connectivity index (χ4v) is 6.26. The number of hydrogen-bond acceptors (Lipinski definition) is 6. The van der Waals surface area contributed by atoms with Crippen LogP contribution in [0.3, 0.4) is 0 Å². The highest BCUT2D eigenvalue weighted by Crippen LogP contribution is 2.37. The lowest BCUT2D eigenvalue weighted by atomic mass is 10.2. The van der Waals surface area contributed by atoms with Crippen molar-refractivity contribution in [2.45, 2.75) is 30.6 Å². The highest BCUT2D eigenvalue weighted by molar-refractivity contribution is 7.92. The maximum Gasteiger partial charge on any atom is 0.303 e. The van der Waals surface area contributed by atoms with Gasteiger partial charge in [0.15, 0.2) is 0 Å². The van der Waals surface area contributed by atoms with Gasteiger partial charge in [0.05, 0.1) is 35.5 Å². The van der Waals surface area contributed by atoms with Crippen LogP contribution in [0.25, 0.3) is 28.1 Å². The number of carbonyl (C=O) groups is 1. The molecule has 0 aliphatic heterocycles. The van der Waals surface area contributed by atoms with Crippen LogP contribution in [0, 0.1) is 0 Å². The summed E-state index contributed by atoms with van der Waals surface area (Å²) in [6, 6.07) is 26.8. The molecule has 43 heavy (non-hydrogen) atoms. The summed E-state index contributed by atoms with van der Waals surface area (Å²) in [5, 5.41) is 9.01. The number of imidazole rings is 1. The van der Waals surface area contributed by atoms with E-state index in [2.05, 4.69) is 4.72 Å². The Morgan fingerprint density at radius 3 is 2.37 bits per heavy atom. The predicted molar refractivity (Wildman–Crippen MR) is 167 cm³/mol. The van der Waals surface area contributed by atoms with Crippen molar-refractivity contribution in [1.82, 2.24) is 9.55 Å². The maximum absolute atomic E-state index is 13.4. The third-order valence-corrected chi connectivity index (χ3v) is 8.65. The van der Waals surface area contributed by atoms with E-state index in [0.29, 0.717) is 47.6 Å². The Hall–Kier alpha value is -4.54. The molecule has 0 fully saturated rings. The van der Waals surface area contributed by atoms with E-state index in [-0.39, 0.29) is 28.6 Å². The number of methoxy groups -OCH3 is 1. The van der Waals surface area contributed by atoms with Crippen LogP contribution in [-0.2, 0) is 14.8 Å². The van der Waals surface area contributed by atoms with Crippen molar-refractivity contribution >= 4 is 44.3 Å². The third-order valence-electron chi connectivity index (χ3n) is 6.78. The number of sulfonamides is 1. The highest BCUT2D eigenvalue weighted by atomic mass is 35.5. The number of benzene rings is 4. The quantitative estimate of drug-likeness (QED) is 0.134. The first-order valence-electron chi connectivity index (χ1n) is 13.6. The van der Waals surface area contributed by atoms with Gasteiger partial charge in [-0.25, -0.2) is 13.4 Å². The smallest absolute Gasteiger partial charge is 0.303 e. The summed E-state index contributed by atoms with van der Waals surface area (Å²) >= 11 is 6.23. The zero-order valence-electron chi connectivity index (χ0n) is 23.4. The van der Waals surface area contributed by atoms with Gasteiger partial charge >= 0.3 is 5.97 Å². The number of carboxylic acid groups (broad SMARTS) is 1. The van der Waals surface area contributed by atoms with E-state index < -0.39 is 16.0 Å². The Bertz CT molecular complexity index is 1840. The Kier molecular flexibility index (Phi) is 9.18. The van der Waals surface area contributed by atoms with E-state index in [1.54, 1.807) is 31.4 Å². The van der Waals surface area contributed by atoms with E-state index >= 15 is 0 Å². The number of aromatic nitrogens is 2. The van der Waals surface area contributed by atoms with E-state index in [1.165, 1.54) is 12.1 Å². The van der Waals surface area contributed by atoms with Crippen molar-refractivity contribution in [1.29, 1.82) is 0 Å². The van der Waals surface area contributed by atoms with Crippen molar-refractivity contribution in [3.05, 3.63) is 96.0 Å². The number of anilines is 1. The molecule has 11 heteroatoms. The normalized spacial score (nSPS) is 11.4. The number of fused-ring (bicyclic) bond motifs is 1. The molecule has 0 unspecified atom stereocenters. The molecule has 0 amide bonds. The number of rotatable bonds is 13. The van der Waals surface area contributed by atoms with Gasteiger partial charge in [0.2, 0.25) is 0 Å². The van der Waals surface area contributed by atoms with Crippen molar-refractivity contribution in [2.24, 2.45) is 0 Å². The first-order chi connectivity index (χ1) is 20.8. The van der Waals surface area contributed by atoms with Gasteiger partial charge in [-0.3, -0.25) is 14.1 Å². The second-order valence-electron chi connectivity index (χ2n) is 9.76. The molecule has 2 N–H and O–H groups in total. The molecule has 4 aromatic carbocycles. The summed E-state index contributed by atoms with van der Waals surface area (Å²) in [6.45, 7) is 0.258. The lowest BCUT2D eigenvalue weighted by molar-refractivity contribution is -0.137. The molecule has 5 aromatic rings. The minimum Gasteiger partial charge on any atom is -0.497 e. The van der Waals surface area contributed by atoms with Crippen LogP contribution in [-0.4, -0.2) is 42.8 Å². The lowest BCUT2D eigenvalue weighted by Gasteiger charge is -2.16. The van der Waals surface area contributed by atoms with Crippen LogP contribution in [0.5, 0.6) is 11.5 Å². The Labute approximate surface area is 254 Å². The highest BCUT2D eigenvalue weighted by Gasteiger charge is 2.23. The van der Waals surface area contributed by atoms with Crippen LogP contribution in [0.15, 0.2) is 95.9 Å². The van der Waals surface area contributed by atoms with Gasteiger partial charge in [0.25, 0.3) is 10.0 Å². The molecule has 222 valence electrons. The molecule has 0 bridgehead atoms. The third kappa shape index (κ3) is 6.93. The molecular weight excluding hydrogens is 590 g/mol. The Morgan fingerprint density at radius 2 is 1.67 bits per heavy atom. The zero-order chi connectivity index (χ0) is 30.4. The summed E-state index contributed by atoms with van der Waals surface area (Å²) in [6.07, 6.45) is 1.85. The van der Waals surface area contributed by atoms with Crippen LogP contribution in [0.1, 0.15) is 25.7 Å². The molecule has 0 aliphatic rings. The summed E-state index contributed by atoms with van der Waals surface area (Å²) < 4.78 is 43.0. The average Bonchev–Trinajstić information content (AvgIpc) is 3.37. The minimum atomic E-state index is -4.07. The molecule has 0 saturated carbocycles. The molecule has 5 rings (SSSR count). The van der Waals surface area contributed by atoms with Crippen LogP contribution in [0.2, 0.25) is 5.02 Å². The largest absolute Gasteiger partial charge is 0.497 e. The molecule has 1 heterocycles. The number of aliphatic carboxylic acids is 1. The van der Waals surface area contributed by atoms with Crippen molar-refractivity contribution in [3.8, 4) is 28.6 Å². The predicted octanol–water partition coefficient (Wildman–Crippen LogP) is 7.18. The van der Waals surface area contributed by atoms with Crippen LogP contribution < -0.4 is 14.2 Å². The standard InChI is InChI=1S/C32H30ClN3O6S/c1-41-24-17-15-23(16-18-24)36-28-21-29(42-19-9-3-6-14-31(37)38)27(35-43(39,40)30-13-8-7-12-25(30)33)20-26(28)34-32(36)22-10-4-2-5-11-22/h2,4-5,7-8,10-13,15-18,20-21,35H,3,6,9,14,19H2,1H3,(H,37,38). The maximum atomic E-state index is 13.4. The van der Waals surface area contributed by atoms with Crippen molar-refractivity contribution in [2.75, 3.05) is 18.4 Å². The molecule has 0 aliphatic carbocycles. The average molecular weight is 620 g/mol. The first kappa shape index (κ1) is 29.9. The lowest BCUT2D eigenvalue weighted by Crippen LogP contribution is -2.14. The molecule has 0 radical (unpaired) electrons. The second-order valence-corrected chi connectivity index (χ2v) is 11.8. The summed E-state index contributed by atoms with van der Waals surface area (Å²) in [5.74, 6) is 0.823. The number of carboxylic acids is 1. The molecule has 9 nitrogen and oxygen atoms in total. The van der Waals surface area contributed by atoms with E-state index in [0.717, 1.165) is 11.3 Å². The molecular formula is C32H30ClN3O6S. The van der Waals surface area contributed by atoms with E-state index in [1.807, 2.05) is 59.2 Å². The fraction of sp³-hybridized carbons (Fsp3) is 0.188. The molecule has 0 atom stereocenters. The molecule has 0 saturated heterocycles. The zero-order valence-corrected chi connectivity index (χ0v) is 24.9. The number of hydrogen-bond donors (Lipinski definition) is 2. The molecule has 1 aromatic heterocycles. The second kappa shape index (κ2) is 13.2. The summed E-state index contributed by atoms with van der Waals surface area (Å²) in [5.41, 5.74) is 3.14. The van der Waals surface area contributed by atoms with Gasteiger partial charge < -0.3 is 14.6 Å². The van der Waals surface area contributed by atoms with Gasteiger partial charge in [-0.1, -0.05) is 54.1 Å². The number of unbranched alkanes of at least 4 members (excludes halogenated alkanes) is 2. The van der Waals surface area contributed by atoms with Gasteiger partial charge in [-0.2, -0.15) is 0 Å². The SMILES string of the molecule is COc1ccc(-n2c(-c3ccccc3)nc3cc(NS(=O)(=O)c4ccccc4Cl)c(OCCCCCC(=O)O)cc32)cc1. The number of nitrogens with zero attached hydrogens (tertiary/aromatic N) is 2. The van der Waals surface area contributed by atoms with Crippen LogP contribution >= 0.6 is 11.6 Å². The topological polar surface area (TPSA) is 120 Å². The number of halogens is 1. The minimum absolute atomic E-state index is 0.0647. The van der Waals surface area contributed by atoms with Gasteiger partial charge in [0.1, 0.15) is 22.2 Å². The number of ether oxygens (including phenoxy) is 2. The van der Waals surface area contributed by atoms with E-state index in [4.69, 9.17) is 31.2 Å².